The highest BCUT2D eigenvalue weighted by atomic mass is 32.1. The molecule has 2 aromatic heterocycles. The number of piperidine rings is 1. The lowest BCUT2D eigenvalue weighted by Gasteiger charge is -2.39. The molecule has 1 aliphatic rings. The fraction of sp³-hybridized carbons (Fsp3) is 0.500. The van der Waals surface area contributed by atoms with Crippen molar-refractivity contribution in [3.8, 4) is 0 Å². The van der Waals surface area contributed by atoms with Gasteiger partial charge in [0.1, 0.15) is 0 Å². The highest BCUT2D eigenvalue weighted by molar-refractivity contribution is 7.15. The number of nitrogens with zero attached hydrogens (tertiary/aromatic N) is 3. The Morgan fingerprint density at radius 3 is 3.18 bits per heavy atom. The lowest BCUT2D eigenvalue weighted by molar-refractivity contribution is -0.152. The van der Waals surface area contributed by atoms with Crippen LogP contribution >= 0.6 is 11.3 Å². The van der Waals surface area contributed by atoms with Gasteiger partial charge in [0.15, 0.2) is 4.96 Å². The third-order valence-electron chi connectivity index (χ3n) is 4.58. The van der Waals surface area contributed by atoms with Crippen LogP contribution in [0.2, 0.25) is 0 Å². The molecule has 22 heavy (non-hydrogen) atoms. The number of carboxylic acid groups (broad SMARTS) is 1. The van der Waals surface area contributed by atoms with Gasteiger partial charge in [0.2, 0.25) is 0 Å². The van der Waals surface area contributed by atoms with Crippen molar-refractivity contribution in [2.24, 2.45) is 5.41 Å². The summed E-state index contributed by atoms with van der Waals surface area (Å²) in [4.78, 5) is 19.6. The van der Waals surface area contributed by atoms with Crippen LogP contribution in [0.3, 0.4) is 0 Å². The molecule has 1 fully saturated rings. The summed E-state index contributed by atoms with van der Waals surface area (Å²) < 4.78 is 2.12. The van der Waals surface area contributed by atoms with Gasteiger partial charge in [0, 0.05) is 24.7 Å². The van der Waals surface area contributed by atoms with Crippen molar-refractivity contribution in [1.29, 1.82) is 0 Å². The number of hydrogen-bond acceptors (Lipinski definition) is 4. The summed E-state index contributed by atoms with van der Waals surface area (Å²) in [7, 11) is 0. The Hall–Kier alpha value is -1.66. The summed E-state index contributed by atoms with van der Waals surface area (Å²) in [6.45, 7) is 8.01. The average Bonchev–Trinajstić information content (AvgIpc) is 3.03. The van der Waals surface area contributed by atoms with Crippen LogP contribution in [0.1, 0.15) is 30.7 Å². The molecule has 1 aliphatic heterocycles. The van der Waals surface area contributed by atoms with Gasteiger partial charge in [0.05, 0.1) is 16.8 Å². The maximum absolute atomic E-state index is 11.8. The standard InChI is InChI=1S/C16H21N3O2S/c1-3-5-16(14(20)21)6-4-7-18(11-16)10-13-12(2)17-15-19(13)8-9-22-15/h3,8-9H,1,4-7,10-11H2,2H3,(H,20,21)/t16-/m1/s1. The smallest absolute Gasteiger partial charge is 0.311 e. The van der Waals surface area contributed by atoms with Crippen molar-refractivity contribution in [2.45, 2.75) is 32.7 Å². The molecule has 3 heterocycles. The van der Waals surface area contributed by atoms with E-state index in [0.29, 0.717) is 13.0 Å². The molecule has 3 rings (SSSR count). The fourth-order valence-corrected chi connectivity index (χ4v) is 4.19. The topological polar surface area (TPSA) is 57.8 Å². The minimum atomic E-state index is -0.706. The molecule has 0 aromatic carbocycles. The zero-order valence-corrected chi connectivity index (χ0v) is 13.6. The maximum atomic E-state index is 11.8. The lowest BCUT2D eigenvalue weighted by atomic mass is 9.77. The number of thiazole rings is 1. The minimum absolute atomic E-state index is 0.526. The summed E-state index contributed by atoms with van der Waals surface area (Å²) >= 11 is 1.62. The van der Waals surface area contributed by atoms with E-state index in [2.05, 4.69) is 20.9 Å². The summed E-state index contributed by atoms with van der Waals surface area (Å²) in [5.41, 5.74) is 1.50. The van der Waals surface area contributed by atoms with Crippen LogP contribution in [0.4, 0.5) is 0 Å². The molecule has 0 aliphatic carbocycles. The molecule has 0 bridgehead atoms. The minimum Gasteiger partial charge on any atom is -0.481 e. The Balaban J connectivity index is 1.83. The monoisotopic (exact) mass is 319 g/mol. The molecule has 5 nitrogen and oxygen atoms in total. The summed E-state index contributed by atoms with van der Waals surface area (Å²) in [5, 5.41) is 11.7. The number of imidazole rings is 1. The molecule has 118 valence electrons. The zero-order valence-electron chi connectivity index (χ0n) is 12.8. The van der Waals surface area contributed by atoms with E-state index >= 15 is 0 Å². The van der Waals surface area contributed by atoms with Crippen molar-refractivity contribution in [2.75, 3.05) is 13.1 Å². The Morgan fingerprint density at radius 1 is 1.64 bits per heavy atom. The fourth-order valence-electron chi connectivity index (χ4n) is 3.41. The first-order valence-electron chi connectivity index (χ1n) is 7.53. The van der Waals surface area contributed by atoms with Gasteiger partial charge in [0.25, 0.3) is 0 Å². The molecular weight excluding hydrogens is 298 g/mol. The van der Waals surface area contributed by atoms with Gasteiger partial charge >= 0.3 is 5.97 Å². The second-order valence-corrected chi connectivity index (χ2v) is 6.96. The maximum Gasteiger partial charge on any atom is 0.311 e. The molecule has 0 saturated carbocycles. The van der Waals surface area contributed by atoms with E-state index in [1.54, 1.807) is 17.4 Å². The van der Waals surface area contributed by atoms with E-state index < -0.39 is 11.4 Å². The highest BCUT2D eigenvalue weighted by Gasteiger charge is 2.41. The number of hydrogen-bond donors (Lipinski definition) is 1. The number of likely N-dealkylation sites (tertiary alicyclic amines) is 1. The van der Waals surface area contributed by atoms with Crippen molar-refractivity contribution in [1.82, 2.24) is 14.3 Å². The van der Waals surface area contributed by atoms with E-state index in [4.69, 9.17) is 0 Å². The van der Waals surface area contributed by atoms with Crippen molar-refractivity contribution in [3.63, 3.8) is 0 Å². The van der Waals surface area contributed by atoms with Crippen LogP contribution < -0.4 is 0 Å². The van der Waals surface area contributed by atoms with E-state index in [9.17, 15) is 9.90 Å². The van der Waals surface area contributed by atoms with Crippen LogP contribution in [0, 0.1) is 12.3 Å². The SMILES string of the molecule is C=CC[C@@]1(C(=O)O)CCCN(Cc2c(C)nc3sccn23)C1. The Labute approximate surface area is 133 Å². The first-order chi connectivity index (χ1) is 10.6. The molecule has 0 radical (unpaired) electrons. The first-order valence-corrected chi connectivity index (χ1v) is 8.41. The van der Waals surface area contributed by atoms with Gasteiger partial charge in [-0.25, -0.2) is 4.98 Å². The predicted octanol–water partition coefficient (Wildman–Crippen LogP) is 2.95. The van der Waals surface area contributed by atoms with E-state index in [1.165, 1.54) is 0 Å². The Kier molecular flexibility index (Phi) is 4.06. The lowest BCUT2D eigenvalue weighted by Crippen LogP contribution is -2.47. The third kappa shape index (κ3) is 2.57. The van der Waals surface area contributed by atoms with Crippen LogP contribution in [0.25, 0.3) is 4.96 Å². The van der Waals surface area contributed by atoms with Gasteiger partial charge in [-0.3, -0.25) is 14.1 Å². The zero-order chi connectivity index (χ0) is 15.7. The third-order valence-corrected chi connectivity index (χ3v) is 5.34. The average molecular weight is 319 g/mol. The van der Waals surface area contributed by atoms with Crippen LogP contribution in [0.5, 0.6) is 0 Å². The van der Waals surface area contributed by atoms with Gasteiger partial charge in [-0.2, -0.15) is 0 Å². The van der Waals surface area contributed by atoms with E-state index in [1.807, 2.05) is 18.5 Å². The van der Waals surface area contributed by atoms with Gasteiger partial charge < -0.3 is 5.11 Å². The molecule has 0 spiro atoms. The molecular formula is C16H21N3O2S. The van der Waals surface area contributed by atoms with E-state index in [-0.39, 0.29) is 0 Å². The number of carbonyl (C=O) groups is 1. The Morgan fingerprint density at radius 2 is 2.45 bits per heavy atom. The quantitative estimate of drug-likeness (QED) is 0.861. The molecule has 1 N–H and O–H groups in total. The van der Waals surface area contributed by atoms with Crippen LogP contribution in [0.15, 0.2) is 24.2 Å². The summed E-state index contributed by atoms with van der Waals surface area (Å²) in [6.07, 6.45) is 5.93. The normalized spacial score (nSPS) is 23.0. The van der Waals surface area contributed by atoms with E-state index in [0.717, 1.165) is 42.3 Å². The molecule has 1 saturated heterocycles. The molecule has 0 unspecified atom stereocenters. The number of aromatic nitrogens is 2. The molecule has 2 aromatic rings. The second kappa shape index (κ2) is 5.85. The van der Waals surface area contributed by atoms with Gasteiger partial charge in [-0.15, -0.1) is 17.9 Å². The van der Waals surface area contributed by atoms with Crippen molar-refractivity contribution >= 4 is 22.3 Å². The highest BCUT2D eigenvalue weighted by Crippen LogP contribution is 2.35. The summed E-state index contributed by atoms with van der Waals surface area (Å²) in [6, 6.07) is 0. The first kappa shape index (κ1) is 15.2. The molecule has 1 atom stereocenters. The number of fused-ring (bicyclic) bond motifs is 1. The molecule has 0 amide bonds. The van der Waals surface area contributed by atoms with Crippen LogP contribution in [-0.2, 0) is 11.3 Å². The van der Waals surface area contributed by atoms with Gasteiger partial charge in [-0.05, 0) is 32.7 Å². The number of aryl methyl sites for hydroxylation is 1. The van der Waals surface area contributed by atoms with Crippen LogP contribution in [-0.4, -0.2) is 38.4 Å². The molecule has 6 heteroatoms. The summed E-state index contributed by atoms with van der Waals surface area (Å²) in [5.74, 6) is -0.706. The predicted molar refractivity (Wildman–Crippen MR) is 87.2 cm³/mol. The second-order valence-electron chi connectivity index (χ2n) is 6.09. The Bertz CT molecular complexity index is 705. The van der Waals surface area contributed by atoms with Gasteiger partial charge in [-0.1, -0.05) is 6.08 Å². The largest absolute Gasteiger partial charge is 0.481 e. The number of allylic oxidation sites excluding steroid dienone is 1. The number of aliphatic carboxylic acids is 1. The number of rotatable bonds is 5. The van der Waals surface area contributed by atoms with Crippen molar-refractivity contribution < 1.29 is 9.90 Å². The number of carboxylic acids is 1. The van der Waals surface area contributed by atoms with Crippen molar-refractivity contribution in [3.05, 3.63) is 35.6 Å².